The molecule has 20 heavy (non-hydrogen) atoms. The molecule has 2 unspecified atom stereocenters. The number of aromatic nitrogens is 1. The molecule has 0 radical (unpaired) electrons. The Kier molecular flexibility index (Phi) is 4.95. The Morgan fingerprint density at radius 1 is 1.45 bits per heavy atom. The molecule has 0 aromatic carbocycles. The highest BCUT2D eigenvalue weighted by atomic mass is 16.2. The summed E-state index contributed by atoms with van der Waals surface area (Å²) in [7, 11) is 3.45. The standard InChI is InChI=1S/C15H24N4O/c1-19(2)15(20)14-9-12(7-8-17-14)18-10-11-5-3-4-6-13(11)16/h7-9,11,13H,3-6,10,16H2,1-2H3,(H,17,18). The van der Waals surface area contributed by atoms with E-state index in [-0.39, 0.29) is 5.91 Å². The number of carbonyl (C=O) groups is 1. The van der Waals surface area contributed by atoms with E-state index in [2.05, 4.69) is 10.3 Å². The third-order valence-electron chi connectivity index (χ3n) is 3.92. The first kappa shape index (κ1) is 14.8. The Bertz CT molecular complexity index is 461. The molecule has 110 valence electrons. The molecule has 2 atom stereocenters. The Morgan fingerprint density at radius 3 is 2.90 bits per heavy atom. The smallest absolute Gasteiger partial charge is 0.272 e. The fourth-order valence-corrected chi connectivity index (χ4v) is 2.63. The molecule has 0 bridgehead atoms. The predicted octanol–water partition coefficient (Wildman–Crippen LogP) is 1.71. The van der Waals surface area contributed by atoms with Gasteiger partial charge in [0.2, 0.25) is 0 Å². The second kappa shape index (κ2) is 6.70. The van der Waals surface area contributed by atoms with Gasteiger partial charge in [-0.2, -0.15) is 0 Å². The number of pyridine rings is 1. The molecule has 0 spiro atoms. The normalized spacial score (nSPS) is 22.4. The van der Waals surface area contributed by atoms with Gasteiger partial charge in [-0.25, -0.2) is 0 Å². The van der Waals surface area contributed by atoms with Crippen LogP contribution in [0.2, 0.25) is 0 Å². The van der Waals surface area contributed by atoms with Gasteiger partial charge in [0.15, 0.2) is 0 Å². The fraction of sp³-hybridized carbons (Fsp3) is 0.600. The van der Waals surface area contributed by atoms with Crippen LogP contribution >= 0.6 is 0 Å². The van der Waals surface area contributed by atoms with Gasteiger partial charge in [0.1, 0.15) is 5.69 Å². The van der Waals surface area contributed by atoms with E-state index in [9.17, 15) is 4.79 Å². The van der Waals surface area contributed by atoms with Gasteiger partial charge in [-0.1, -0.05) is 12.8 Å². The van der Waals surface area contributed by atoms with Crippen molar-refractivity contribution in [1.82, 2.24) is 9.88 Å². The highest BCUT2D eigenvalue weighted by molar-refractivity contribution is 5.92. The minimum atomic E-state index is -0.0805. The number of nitrogens with zero attached hydrogens (tertiary/aromatic N) is 2. The summed E-state index contributed by atoms with van der Waals surface area (Å²) < 4.78 is 0. The third kappa shape index (κ3) is 3.70. The molecule has 1 saturated carbocycles. The highest BCUT2D eigenvalue weighted by Gasteiger charge is 2.21. The highest BCUT2D eigenvalue weighted by Crippen LogP contribution is 2.23. The summed E-state index contributed by atoms with van der Waals surface area (Å²) in [6.07, 6.45) is 6.48. The van der Waals surface area contributed by atoms with Crippen molar-refractivity contribution in [2.24, 2.45) is 11.7 Å². The Hall–Kier alpha value is -1.62. The van der Waals surface area contributed by atoms with Crippen molar-refractivity contribution in [3.63, 3.8) is 0 Å². The molecule has 0 aliphatic heterocycles. The molecule has 5 heteroatoms. The van der Waals surface area contributed by atoms with Crippen LogP contribution in [0.15, 0.2) is 18.3 Å². The number of anilines is 1. The van der Waals surface area contributed by atoms with Gasteiger partial charge in [-0.15, -0.1) is 0 Å². The number of amides is 1. The minimum absolute atomic E-state index is 0.0805. The van der Waals surface area contributed by atoms with Crippen molar-refractivity contribution < 1.29 is 4.79 Å². The van der Waals surface area contributed by atoms with Crippen LogP contribution in [0.1, 0.15) is 36.2 Å². The van der Waals surface area contributed by atoms with Gasteiger partial charge in [-0.05, 0) is 30.9 Å². The topological polar surface area (TPSA) is 71.2 Å². The van der Waals surface area contributed by atoms with Crippen molar-refractivity contribution >= 4 is 11.6 Å². The minimum Gasteiger partial charge on any atom is -0.385 e. The van der Waals surface area contributed by atoms with E-state index in [1.807, 2.05) is 6.07 Å². The van der Waals surface area contributed by atoms with Crippen LogP contribution in [0.25, 0.3) is 0 Å². The number of hydrogen-bond acceptors (Lipinski definition) is 4. The molecular formula is C15H24N4O. The van der Waals surface area contributed by atoms with Crippen molar-refractivity contribution in [3.05, 3.63) is 24.0 Å². The average molecular weight is 276 g/mol. The maximum atomic E-state index is 11.9. The van der Waals surface area contributed by atoms with E-state index in [1.165, 1.54) is 24.2 Å². The first-order valence-electron chi connectivity index (χ1n) is 7.25. The lowest BCUT2D eigenvalue weighted by molar-refractivity contribution is 0.0822. The number of hydrogen-bond donors (Lipinski definition) is 2. The third-order valence-corrected chi connectivity index (χ3v) is 3.92. The van der Waals surface area contributed by atoms with Crippen LogP contribution in [0.4, 0.5) is 5.69 Å². The molecule has 1 fully saturated rings. The summed E-state index contributed by atoms with van der Waals surface area (Å²) in [4.78, 5) is 17.5. The first-order chi connectivity index (χ1) is 9.58. The van der Waals surface area contributed by atoms with Crippen LogP contribution in [-0.2, 0) is 0 Å². The Morgan fingerprint density at radius 2 is 2.20 bits per heavy atom. The van der Waals surface area contributed by atoms with E-state index in [1.54, 1.807) is 26.4 Å². The zero-order valence-electron chi connectivity index (χ0n) is 12.3. The molecule has 1 amide bonds. The molecular weight excluding hydrogens is 252 g/mol. The molecule has 1 aliphatic rings. The summed E-state index contributed by atoms with van der Waals surface area (Å²) in [5.74, 6) is 0.438. The molecule has 1 aliphatic carbocycles. The molecule has 2 rings (SSSR count). The van der Waals surface area contributed by atoms with Crippen LogP contribution in [0.5, 0.6) is 0 Å². The molecule has 1 aromatic rings. The Labute approximate surface area is 120 Å². The quantitative estimate of drug-likeness (QED) is 0.878. The molecule has 0 saturated heterocycles. The zero-order valence-corrected chi connectivity index (χ0v) is 12.3. The van der Waals surface area contributed by atoms with E-state index >= 15 is 0 Å². The average Bonchev–Trinajstić information content (AvgIpc) is 2.46. The van der Waals surface area contributed by atoms with Crippen LogP contribution in [-0.4, -0.2) is 42.5 Å². The zero-order chi connectivity index (χ0) is 14.5. The molecule has 3 N–H and O–H groups in total. The summed E-state index contributed by atoms with van der Waals surface area (Å²) in [5.41, 5.74) is 7.55. The number of carbonyl (C=O) groups excluding carboxylic acids is 1. The van der Waals surface area contributed by atoms with Crippen molar-refractivity contribution in [2.45, 2.75) is 31.7 Å². The summed E-state index contributed by atoms with van der Waals surface area (Å²) in [5, 5.41) is 3.39. The van der Waals surface area contributed by atoms with Gasteiger partial charge in [0.25, 0.3) is 5.91 Å². The maximum Gasteiger partial charge on any atom is 0.272 e. The fourth-order valence-electron chi connectivity index (χ4n) is 2.63. The maximum absolute atomic E-state index is 11.9. The van der Waals surface area contributed by atoms with E-state index in [0.717, 1.165) is 18.7 Å². The largest absolute Gasteiger partial charge is 0.385 e. The summed E-state index contributed by atoms with van der Waals surface area (Å²) >= 11 is 0. The lowest BCUT2D eigenvalue weighted by Gasteiger charge is -2.29. The Balaban J connectivity index is 1.96. The van der Waals surface area contributed by atoms with E-state index in [4.69, 9.17) is 5.73 Å². The predicted molar refractivity (Wildman–Crippen MR) is 80.7 cm³/mol. The SMILES string of the molecule is CN(C)C(=O)c1cc(NCC2CCCCC2N)ccn1. The molecule has 1 aromatic heterocycles. The van der Waals surface area contributed by atoms with Gasteiger partial charge >= 0.3 is 0 Å². The van der Waals surface area contributed by atoms with Crippen LogP contribution in [0.3, 0.4) is 0 Å². The number of rotatable bonds is 4. The van der Waals surface area contributed by atoms with Gasteiger partial charge in [-0.3, -0.25) is 9.78 Å². The number of nitrogens with one attached hydrogen (secondary N) is 1. The van der Waals surface area contributed by atoms with Crippen molar-refractivity contribution in [1.29, 1.82) is 0 Å². The van der Waals surface area contributed by atoms with Gasteiger partial charge in [0.05, 0.1) is 0 Å². The second-order valence-corrected chi connectivity index (χ2v) is 5.72. The molecule has 5 nitrogen and oxygen atoms in total. The summed E-state index contributed by atoms with van der Waals surface area (Å²) in [6, 6.07) is 3.98. The van der Waals surface area contributed by atoms with Crippen LogP contribution in [0, 0.1) is 5.92 Å². The van der Waals surface area contributed by atoms with Gasteiger partial charge in [0, 0.05) is 38.6 Å². The van der Waals surface area contributed by atoms with Gasteiger partial charge < -0.3 is 16.0 Å². The lowest BCUT2D eigenvalue weighted by Crippen LogP contribution is -2.37. The van der Waals surface area contributed by atoms with E-state index in [0.29, 0.717) is 17.7 Å². The van der Waals surface area contributed by atoms with E-state index < -0.39 is 0 Å². The molecule has 1 heterocycles. The van der Waals surface area contributed by atoms with Crippen molar-refractivity contribution in [3.8, 4) is 0 Å². The summed E-state index contributed by atoms with van der Waals surface area (Å²) in [6.45, 7) is 0.862. The van der Waals surface area contributed by atoms with Crippen molar-refractivity contribution in [2.75, 3.05) is 26.0 Å². The second-order valence-electron chi connectivity index (χ2n) is 5.72. The first-order valence-corrected chi connectivity index (χ1v) is 7.25. The lowest BCUT2D eigenvalue weighted by atomic mass is 9.85. The van der Waals surface area contributed by atoms with Crippen LogP contribution < -0.4 is 11.1 Å². The number of nitrogens with two attached hydrogens (primary N) is 1. The monoisotopic (exact) mass is 276 g/mol.